The van der Waals surface area contributed by atoms with Crippen molar-refractivity contribution in [3.05, 3.63) is 186 Å². The van der Waals surface area contributed by atoms with E-state index in [4.69, 9.17) is 10.5 Å². The summed E-state index contributed by atoms with van der Waals surface area (Å²) in [5.41, 5.74) is 20.9. The van der Waals surface area contributed by atoms with Gasteiger partial charge < -0.3 is 39.2 Å². The zero-order chi connectivity index (χ0) is 61.8. The molecule has 86 heavy (non-hydrogen) atoms. The molecule has 16 heteroatoms. The fourth-order valence-corrected chi connectivity index (χ4v) is 10.5. The number of esters is 2. The van der Waals surface area contributed by atoms with Crippen LogP contribution in [0.25, 0.3) is 22.3 Å². The third kappa shape index (κ3) is 23.2. The van der Waals surface area contributed by atoms with Gasteiger partial charge in [-0.05, 0) is 191 Å². The molecule has 0 spiro atoms. The highest BCUT2D eigenvalue weighted by Gasteiger charge is 2.29. The van der Waals surface area contributed by atoms with Crippen LogP contribution in [0, 0.1) is 53.4 Å². The number of carboxylic acid groups (broad SMARTS) is 1. The van der Waals surface area contributed by atoms with Crippen molar-refractivity contribution in [3.63, 3.8) is 0 Å². The van der Waals surface area contributed by atoms with Gasteiger partial charge in [0, 0.05) is 56.0 Å². The average Bonchev–Trinajstić information content (AvgIpc) is 1.30. The van der Waals surface area contributed by atoms with E-state index in [-0.39, 0.29) is 105 Å². The van der Waals surface area contributed by atoms with Gasteiger partial charge in [-0.15, -0.1) is 12.4 Å². The normalized spacial score (nSPS) is 12.2. The standard InChI is InChI=1S/C35H46N2O4.C18H21NO2.C16H26N2O3.CH4.ClH.H2S/c1-23(2)17-31(37-22-29(15-16-36(6)7)26(5)18-33(37)39)32(38)20-30(21-34(40)41-8)27-13-10-14-28(19-27)35-24(3)11-9-12-25(35)4;1-12-6-4-7-13(2)18(12)15-9-5-8-14(10-15)16(19)11-17(20)21-3;1-11(2)8-14(16(20)21)18-10-13(6-7-17(4)5)12(3)9-15(18)19;;;/h9-14,18-19,22-23,30-31H,15-17,20-21H2,1-8H3;4-10,16H,11,19H2,1-3H3;9-11,14H,6-8H2,1-5H3,(H,20,21);1H4;1H;1H2/t30-,31?;16-;;;;/m00..../s1. The molecule has 0 saturated carbocycles. The molecule has 4 atom stereocenters. The molecule has 0 bridgehead atoms. The first-order chi connectivity index (χ1) is 39.1. The number of methoxy groups -OCH3 is 2. The molecule has 0 saturated heterocycles. The first-order valence-corrected chi connectivity index (χ1v) is 28.9. The topological polar surface area (TPSA) is 183 Å². The summed E-state index contributed by atoms with van der Waals surface area (Å²) in [5.74, 6) is -1.61. The number of benzene rings is 4. The number of nitrogens with two attached hydrogens (primary N) is 1. The second kappa shape index (κ2) is 37.2. The smallest absolute Gasteiger partial charge is 0.326 e. The van der Waals surface area contributed by atoms with Crippen LogP contribution in [-0.2, 0) is 41.5 Å². The van der Waals surface area contributed by atoms with Crippen molar-refractivity contribution >= 4 is 49.6 Å². The maximum Gasteiger partial charge on any atom is 0.326 e. The maximum atomic E-state index is 14.1. The number of nitrogens with zero attached hydrogens (tertiary/aromatic N) is 4. The molecule has 0 radical (unpaired) electrons. The van der Waals surface area contributed by atoms with E-state index in [1.807, 2.05) is 92.4 Å². The number of likely N-dealkylation sites (N-methyl/N-ethyl adjacent to an activating group) is 2. The van der Waals surface area contributed by atoms with Gasteiger partial charge in [0.15, 0.2) is 5.78 Å². The number of pyridine rings is 2. The van der Waals surface area contributed by atoms with E-state index >= 15 is 0 Å². The average molecular weight is 1220 g/mol. The summed E-state index contributed by atoms with van der Waals surface area (Å²) in [4.78, 5) is 79.0. The number of halogens is 1. The Hall–Kier alpha value is -6.62. The van der Waals surface area contributed by atoms with Crippen molar-refractivity contribution in [3.8, 4) is 22.3 Å². The predicted molar refractivity (Wildman–Crippen MR) is 360 cm³/mol. The largest absolute Gasteiger partial charge is 0.480 e. The molecule has 2 aromatic heterocycles. The SMILES string of the molecule is C.COC(=O)C[C@H](CC(=O)C(CC(C)C)n1cc(CCN(C)C)c(C)cc1=O)c1cccc(-c2c(C)cccc2C)c1.COC(=O)C[C@H](N)c1cccc(-c2c(C)cccc2C)c1.Cc1cc(=O)n(C(CC(C)C)C(=O)O)cc1CCN(C)C.Cl.S. The Kier molecular flexibility index (Phi) is 33.4. The molecule has 0 amide bonds. The van der Waals surface area contributed by atoms with E-state index in [1.54, 1.807) is 22.9 Å². The minimum Gasteiger partial charge on any atom is -0.480 e. The number of rotatable bonds is 24. The quantitative estimate of drug-likeness (QED) is 0.0548. The van der Waals surface area contributed by atoms with Gasteiger partial charge in [-0.25, -0.2) is 4.79 Å². The van der Waals surface area contributed by atoms with Crippen molar-refractivity contribution in [2.75, 3.05) is 55.5 Å². The molecule has 0 aliphatic carbocycles. The first-order valence-electron chi connectivity index (χ1n) is 28.9. The van der Waals surface area contributed by atoms with E-state index in [0.29, 0.717) is 12.8 Å². The highest BCUT2D eigenvalue weighted by molar-refractivity contribution is 7.59. The highest BCUT2D eigenvalue weighted by atomic mass is 35.5. The minimum absolute atomic E-state index is 0. The molecule has 6 aromatic rings. The van der Waals surface area contributed by atoms with Gasteiger partial charge in [0.1, 0.15) is 6.04 Å². The van der Waals surface area contributed by atoms with Crippen LogP contribution in [0.5, 0.6) is 0 Å². The number of aryl methyl sites for hydroxylation is 6. The number of Topliss-reactive ketones (excluding diaryl/α,β-unsaturated/α-hetero) is 1. The Morgan fingerprint density at radius 3 is 1.31 bits per heavy atom. The van der Waals surface area contributed by atoms with E-state index in [2.05, 4.69) is 111 Å². The van der Waals surface area contributed by atoms with Gasteiger partial charge in [0.2, 0.25) is 0 Å². The van der Waals surface area contributed by atoms with Gasteiger partial charge >= 0.3 is 17.9 Å². The van der Waals surface area contributed by atoms with Crippen molar-refractivity contribution in [2.45, 2.75) is 146 Å². The van der Waals surface area contributed by atoms with Gasteiger partial charge in [0.05, 0.1) is 33.1 Å². The number of carbonyl (C=O) groups is 4. The number of ketones is 1. The molecule has 0 fully saturated rings. The third-order valence-electron chi connectivity index (χ3n) is 15.1. The number of ether oxygens (including phenoxy) is 2. The summed E-state index contributed by atoms with van der Waals surface area (Å²) < 4.78 is 12.7. The van der Waals surface area contributed by atoms with Crippen molar-refractivity contribution in [1.82, 2.24) is 18.9 Å². The molecule has 4 aromatic carbocycles. The molecule has 2 heterocycles. The van der Waals surface area contributed by atoms with Crippen molar-refractivity contribution in [2.24, 2.45) is 17.6 Å². The van der Waals surface area contributed by atoms with Crippen molar-refractivity contribution in [1.29, 1.82) is 0 Å². The van der Waals surface area contributed by atoms with Crippen LogP contribution in [0.2, 0.25) is 0 Å². The lowest BCUT2D eigenvalue weighted by Gasteiger charge is -2.25. The van der Waals surface area contributed by atoms with E-state index in [0.717, 1.165) is 76.0 Å². The maximum absolute atomic E-state index is 14.1. The van der Waals surface area contributed by atoms with E-state index in [9.17, 15) is 33.9 Å². The van der Waals surface area contributed by atoms with Crippen LogP contribution in [0.4, 0.5) is 0 Å². The van der Waals surface area contributed by atoms with Crippen molar-refractivity contribution < 1.29 is 33.8 Å². The molecule has 0 aliphatic heterocycles. The first kappa shape index (κ1) is 77.4. The molecular formula is C70H100ClN5O9S. The Labute approximate surface area is 526 Å². The van der Waals surface area contributed by atoms with Crippen LogP contribution in [0.15, 0.2) is 119 Å². The molecular weight excluding hydrogens is 1120 g/mol. The molecule has 6 rings (SSSR count). The van der Waals surface area contributed by atoms with Crippen LogP contribution >= 0.6 is 25.9 Å². The number of carboxylic acids is 1. The number of hydrogen-bond donors (Lipinski definition) is 2. The summed E-state index contributed by atoms with van der Waals surface area (Å²) in [5, 5.41) is 9.41. The third-order valence-corrected chi connectivity index (χ3v) is 15.1. The predicted octanol–water partition coefficient (Wildman–Crippen LogP) is 13.1. The summed E-state index contributed by atoms with van der Waals surface area (Å²) >= 11 is 0. The number of aliphatic carboxylic acids is 1. The molecule has 0 aliphatic rings. The summed E-state index contributed by atoms with van der Waals surface area (Å²) in [7, 11) is 10.8. The lowest BCUT2D eigenvalue weighted by Crippen LogP contribution is -2.32. The second-order valence-electron chi connectivity index (χ2n) is 23.5. The second-order valence-corrected chi connectivity index (χ2v) is 23.5. The Balaban J connectivity index is 0.000000695. The molecule has 3 N–H and O–H groups in total. The molecule has 14 nitrogen and oxygen atoms in total. The fraction of sp³-hybridized carbons (Fsp3) is 0.457. The van der Waals surface area contributed by atoms with E-state index < -0.39 is 18.1 Å². The lowest BCUT2D eigenvalue weighted by atomic mass is 9.85. The van der Waals surface area contributed by atoms with Crippen LogP contribution in [0.3, 0.4) is 0 Å². The highest BCUT2D eigenvalue weighted by Crippen LogP contribution is 2.35. The Bertz CT molecular complexity index is 3240. The summed E-state index contributed by atoms with van der Waals surface area (Å²) in [6.45, 7) is 22.0. The van der Waals surface area contributed by atoms with Crippen LogP contribution in [-0.4, -0.2) is 103 Å². The van der Waals surface area contributed by atoms with Crippen LogP contribution in [0.1, 0.15) is 147 Å². The Morgan fingerprint density at radius 1 is 0.547 bits per heavy atom. The number of hydrogen-bond acceptors (Lipinski definition) is 11. The molecule has 472 valence electrons. The summed E-state index contributed by atoms with van der Waals surface area (Å²) in [6, 6.07) is 30.1. The molecule has 2 unspecified atom stereocenters. The Morgan fingerprint density at radius 2 is 0.919 bits per heavy atom. The van der Waals surface area contributed by atoms with Gasteiger partial charge in [-0.1, -0.05) is 114 Å². The zero-order valence-corrected chi connectivity index (χ0v) is 55.0. The number of carbonyl (C=O) groups excluding carboxylic acids is 3. The van der Waals surface area contributed by atoms with Gasteiger partial charge in [-0.2, -0.15) is 13.5 Å². The zero-order valence-electron chi connectivity index (χ0n) is 53.2. The monoisotopic (exact) mass is 1220 g/mol. The van der Waals surface area contributed by atoms with Crippen LogP contribution < -0.4 is 16.9 Å². The number of aromatic nitrogens is 2. The van der Waals surface area contributed by atoms with Gasteiger partial charge in [-0.3, -0.25) is 24.0 Å². The lowest BCUT2D eigenvalue weighted by molar-refractivity contribution is -0.142. The summed E-state index contributed by atoms with van der Waals surface area (Å²) in [6.07, 6.45) is 6.59. The van der Waals surface area contributed by atoms with E-state index in [1.165, 1.54) is 46.6 Å². The fourth-order valence-electron chi connectivity index (χ4n) is 10.5. The van der Waals surface area contributed by atoms with Gasteiger partial charge in [0.25, 0.3) is 11.1 Å². The minimum atomic E-state index is -0.951.